The summed E-state index contributed by atoms with van der Waals surface area (Å²) in [6.07, 6.45) is 3.90. The van der Waals surface area contributed by atoms with E-state index in [1.807, 2.05) is 18.0 Å². The van der Waals surface area contributed by atoms with Gasteiger partial charge in [0.25, 0.3) is 0 Å². The van der Waals surface area contributed by atoms with Gasteiger partial charge < -0.3 is 20.0 Å². The van der Waals surface area contributed by atoms with Gasteiger partial charge in [-0.1, -0.05) is 29.8 Å². The van der Waals surface area contributed by atoms with Crippen LogP contribution >= 0.6 is 24.0 Å². The van der Waals surface area contributed by atoms with Gasteiger partial charge in [-0.3, -0.25) is 9.79 Å². The molecule has 0 atom stereocenters. The second kappa shape index (κ2) is 13.2. The molecule has 1 saturated heterocycles. The lowest BCUT2D eigenvalue weighted by Crippen LogP contribution is -2.49. The fraction of sp³-hybridized carbons (Fsp3) is 0.478. The molecule has 1 aromatic heterocycles. The van der Waals surface area contributed by atoms with Crippen molar-refractivity contribution in [3.63, 3.8) is 0 Å². The average Bonchev–Trinajstić information content (AvgIpc) is 2.80. The maximum absolute atomic E-state index is 12.6. The lowest BCUT2D eigenvalue weighted by atomic mass is 10.1. The molecule has 1 aromatic carbocycles. The Morgan fingerprint density at radius 3 is 2.41 bits per heavy atom. The second-order valence-corrected chi connectivity index (χ2v) is 7.74. The van der Waals surface area contributed by atoms with E-state index in [2.05, 4.69) is 68.2 Å². The van der Waals surface area contributed by atoms with E-state index in [1.165, 1.54) is 11.1 Å². The van der Waals surface area contributed by atoms with Crippen molar-refractivity contribution >= 4 is 41.8 Å². The van der Waals surface area contributed by atoms with E-state index in [4.69, 9.17) is 0 Å². The summed E-state index contributed by atoms with van der Waals surface area (Å²) in [5.74, 6) is 1.70. The molecule has 0 bridgehead atoms. The molecular weight excluding hydrogens is 517 g/mol. The van der Waals surface area contributed by atoms with Crippen LogP contribution in [0.2, 0.25) is 0 Å². The summed E-state index contributed by atoms with van der Waals surface area (Å²) in [5, 5.41) is 3.32. The maximum atomic E-state index is 12.6. The highest BCUT2D eigenvalue weighted by Crippen LogP contribution is 2.11. The lowest BCUT2D eigenvalue weighted by molar-refractivity contribution is -0.131. The number of aliphatic imine (C=N–C) groups is 1. The number of halogens is 1. The molecule has 174 valence electrons. The van der Waals surface area contributed by atoms with Crippen molar-refractivity contribution in [2.24, 2.45) is 4.99 Å². The third kappa shape index (κ3) is 7.61. The van der Waals surface area contributed by atoms with E-state index >= 15 is 0 Å². The number of hydrogen-bond donors (Lipinski definition) is 1. The van der Waals surface area contributed by atoms with E-state index in [-0.39, 0.29) is 29.9 Å². The van der Waals surface area contributed by atoms with Crippen LogP contribution in [0.4, 0.5) is 5.95 Å². The number of carbonyl (C=O) groups is 1. The molecule has 8 nitrogen and oxygen atoms in total. The van der Waals surface area contributed by atoms with Crippen molar-refractivity contribution in [1.29, 1.82) is 0 Å². The number of amides is 1. The van der Waals surface area contributed by atoms with E-state index in [9.17, 15) is 4.79 Å². The third-order valence-electron chi connectivity index (χ3n) is 5.29. The first kappa shape index (κ1) is 25.8. The number of piperazine rings is 1. The number of benzene rings is 1. The number of carbonyl (C=O) groups excluding carboxylic acids is 1. The maximum Gasteiger partial charge on any atom is 0.225 e. The Labute approximate surface area is 208 Å². The van der Waals surface area contributed by atoms with Gasteiger partial charge in [-0.2, -0.15) is 0 Å². The zero-order chi connectivity index (χ0) is 22.1. The number of aryl methyl sites for hydroxylation is 1. The van der Waals surface area contributed by atoms with Crippen LogP contribution in [0.1, 0.15) is 24.5 Å². The van der Waals surface area contributed by atoms with Crippen LogP contribution in [0.15, 0.2) is 47.7 Å². The van der Waals surface area contributed by atoms with Crippen LogP contribution in [0.25, 0.3) is 0 Å². The highest BCUT2D eigenvalue weighted by atomic mass is 127. The minimum Gasteiger partial charge on any atom is -0.357 e. The quantitative estimate of drug-likeness (QED) is 0.324. The number of hydrogen-bond acceptors (Lipinski definition) is 5. The second-order valence-electron chi connectivity index (χ2n) is 7.74. The van der Waals surface area contributed by atoms with Crippen LogP contribution < -0.4 is 10.2 Å². The Kier molecular flexibility index (Phi) is 10.6. The van der Waals surface area contributed by atoms with Crippen LogP contribution in [-0.2, 0) is 11.3 Å². The van der Waals surface area contributed by atoms with Gasteiger partial charge >= 0.3 is 0 Å². The van der Waals surface area contributed by atoms with Crippen LogP contribution in [0.5, 0.6) is 0 Å². The predicted octanol–water partition coefficient (Wildman–Crippen LogP) is 2.54. The molecule has 1 aliphatic rings. The third-order valence-corrected chi connectivity index (χ3v) is 5.29. The van der Waals surface area contributed by atoms with Crippen molar-refractivity contribution in [3.05, 3.63) is 53.9 Å². The van der Waals surface area contributed by atoms with Crippen molar-refractivity contribution < 1.29 is 4.79 Å². The average molecular weight is 551 g/mol. The van der Waals surface area contributed by atoms with Crippen LogP contribution in [0.3, 0.4) is 0 Å². The lowest BCUT2D eigenvalue weighted by Gasteiger charge is -2.34. The monoisotopic (exact) mass is 551 g/mol. The summed E-state index contributed by atoms with van der Waals surface area (Å²) in [5.41, 5.74) is 2.48. The molecule has 0 unspecified atom stereocenters. The van der Waals surface area contributed by atoms with Crippen molar-refractivity contribution in [1.82, 2.24) is 25.1 Å². The minimum absolute atomic E-state index is 0. The van der Waals surface area contributed by atoms with Crippen molar-refractivity contribution in [2.45, 2.75) is 26.8 Å². The van der Waals surface area contributed by atoms with Crippen LogP contribution in [0, 0.1) is 6.92 Å². The van der Waals surface area contributed by atoms with Crippen molar-refractivity contribution in [2.75, 3.05) is 51.2 Å². The van der Waals surface area contributed by atoms with Gasteiger partial charge in [0, 0.05) is 65.1 Å². The first-order valence-corrected chi connectivity index (χ1v) is 10.9. The number of rotatable bonds is 7. The normalized spacial score (nSPS) is 14.0. The Hall–Kier alpha value is -2.43. The standard InChI is InChI=1S/C23H33N7O.HI/c1-4-24-22(28(3)18-20-8-6-19(2)7-9-20)27-13-10-21(31)29-14-16-30(17-15-29)23-25-11-5-12-26-23;/h5-9,11-12H,4,10,13-18H2,1-3H3,(H,24,27);1H. The predicted molar refractivity (Wildman–Crippen MR) is 139 cm³/mol. The molecule has 3 rings (SSSR count). The molecule has 0 saturated carbocycles. The Morgan fingerprint density at radius 1 is 1.12 bits per heavy atom. The smallest absolute Gasteiger partial charge is 0.225 e. The Bertz CT molecular complexity index is 852. The summed E-state index contributed by atoms with van der Waals surface area (Å²) >= 11 is 0. The van der Waals surface area contributed by atoms with Gasteiger partial charge in [-0.25, -0.2) is 9.97 Å². The number of aromatic nitrogens is 2. The number of anilines is 1. The zero-order valence-corrected chi connectivity index (χ0v) is 21.5. The number of nitrogens with zero attached hydrogens (tertiary/aromatic N) is 6. The van der Waals surface area contributed by atoms with Gasteiger partial charge in [-0.05, 0) is 25.5 Å². The van der Waals surface area contributed by atoms with Gasteiger partial charge in [0.1, 0.15) is 0 Å². The highest BCUT2D eigenvalue weighted by molar-refractivity contribution is 14.0. The van der Waals surface area contributed by atoms with Gasteiger partial charge in [0.2, 0.25) is 11.9 Å². The molecule has 1 aliphatic heterocycles. The van der Waals surface area contributed by atoms with E-state index in [0.29, 0.717) is 26.1 Å². The van der Waals surface area contributed by atoms with E-state index in [1.54, 1.807) is 12.4 Å². The summed E-state index contributed by atoms with van der Waals surface area (Å²) in [4.78, 5) is 32.0. The molecule has 1 fully saturated rings. The molecule has 0 aliphatic carbocycles. The van der Waals surface area contributed by atoms with Crippen LogP contribution in [-0.4, -0.2) is 78.0 Å². The summed E-state index contributed by atoms with van der Waals surface area (Å²) in [6, 6.07) is 10.3. The first-order valence-electron chi connectivity index (χ1n) is 10.9. The van der Waals surface area contributed by atoms with Crippen molar-refractivity contribution in [3.8, 4) is 0 Å². The van der Waals surface area contributed by atoms with E-state index < -0.39 is 0 Å². The molecule has 0 spiro atoms. The molecular formula is C23H34IN7O. The fourth-order valence-corrected chi connectivity index (χ4v) is 3.54. The molecule has 1 amide bonds. The van der Waals surface area contributed by atoms with E-state index in [0.717, 1.165) is 38.1 Å². The molecule has 1 N–H and O–H groups in total. The molecule has 9 heteroatoms. The first-order chi connectivity index (χ1) is 15.1. The minimum atomic E-state index is 0. The fourth-order valence-electron chi connectivity index (χ4n) is 3.54. The summed E-state index contributed by atoms with van der Waals surface area (Å²) < 4.78 is 0. The van der Waals surface area contributed by atoms with Gasteiger partial charge in [0.05, 0.1) is 6.54 Å². The summed E-state index contributed by atoms with van der Waals surface area (Å²) in [7, 11) is 2.02. The molecule has 0 radical (unpaired) electrons. The van der Waals surface area contributed by atoms with Gasteiger partial charge in [0.15, 0.2) is 5.96 Å². The number of guanidine groups is 1. The largest absolute Gasteiger partial charge is 0.357 e. The SMILES string of the molecule is CCNC(=NCCC(=O)N1CCN(c2ncccn2)CC1)N(C)Cc1ccc(C)cc1.I. The Morgan fingerprint density at radius 2 is 1.78 bits per heavy atom. The zero-order valence-electron chi connectivity index (χ0n) is 19.2. The molecule has 32 heavy (non-hydrogen) atoms. The number of nitrogens with one attached hydrogen (secondary N) is 1. The molecule has 2 heterocycles. The summed E-state index contributed by atoms with van der Waals surface area (Å²) in [6.45, 7) is 9.05. The van der Waals surface area contributed by atoms with Gasteiger partial charge in [-0.15, -0.1) is 24.0 Å². The highest BCUT2D eigenvalue weighted by Gasteiger charge is 2.22. The molecule has 2 aromatic rings. The topological polar surface area (TPSA) is 77.0 Å². The Balaban J connectivity index is 0.00000363.